The summed E-state index contributed by atoms with van der Waals surface area (Å²) in [4.78, 5) is 2.33. The lowest BCUT2D eigenvalue weighted by Crippen LogP contribution is -2.36. The smallest absolute Gasteiger partial charge is 0.144 e. The number of rotatable bonds is 2. The maximum atomic E-state index is 4.72. The molecule has 1 aliphatic carbocycles. The van der Waals surface area contributed by atoms with Crippen LogP contribution in [0.5, 0.6) is 0 Å². The van der Waals surface area contributed by atoms with E-state index in [1.807, 2.05) is 0 Å². The van der Waals surface area contributed by atoms with Gasteiger partial charge in [-0.2, -0.15) is 4.40 Å². The molecule has 0 aromatic heterocycles. The van der Waals surface area contributed by atoms with Crippen LogP contribution in [0.1, 0.15) is 37.2 Å². The number of benzene rings is 1. The van der Waals surface area contributed by atoms with Crippen molar-refractivity contribution >= 4 is 17.8 Å². The molecule has 0 atom stereocenters. The van der Waals surface area contributed by atoms with Crippen molar-refractivity contribution in [2.24, 2.45) is 10.3 Å². The molecule has 1 aromatic carbocycles. The molecule has 0 N–H and O–H groups in total. The van der Waals surface area contributed by atoms with Crippen molar-refractivity contribution in [1.29, 1.82) is 0 Å². The molecular weight excluding hydrogens is 288 g/mol. The van der Waals surface area contributed by atoms with Crippen LogP contribution in [0.3, 0.4) is 0 Å². The van der Waals surface area contributed by atoms with E-state index < -0.39 is 0 Å². The van der Waals surface area contributed by atoms with Gasteiger partial charge in [0.05, 0.1) is 0 Å². The van der Waals surface area contributed by atoms with E-state index in [2.05, 4.69) is 53.6 Å². The van der Waals surface area contributed by atoms with Crippen LogP contribution in [0.2, 0.25) is 0 Å². The number of hydrogen-bond acceptors (Lipinski definition) is 3. The van der Waals surface area contributed by atoms with Gasteiger partial charge in [0.25, 0.3) is 0 Å². The quantitative estimate of drug-likeness (QED) is 0.731. The highest BCUT2D eigenvalue weighted by atomic mass is 32.2. The minimum Gasteiger partial charge on any atom is -0.331 e. The highest BCUT2D eigenvalue weighted by Crippen LogP contribution is 2.40. The van der Waals surface area contributed by atoms with Crippen LogP contribution in [0.25, 0.3) is 0 Å². The summed E-state index contributed by atoms with van der Waals surface area (Å²) in [6.07, 6.45) is 11.9. The Kier molecular flexibility index (Phi) is 4.07. The Bertz CT molecular complexity index is 610. The van der Waals surface area contributed by atoms with E-state index in [1.54, 1.807) is 11.9 Å². The molecule has 0 unspecified atom stereocenters. The Hall–Kier alpha value is -1.48. The third-order valence-corrected chi connectivity index (χ3v) is 5.75. The average Bonchev–Trinajstić information content (AvgIpc) is 2.62. The Labute approximate surface area is 137 Å². The van der Waals surface area contributed by atoms with Crippen LogP contribution in [0.4, 0.5) is 0 Å². The molecule has 2 aliphatic heterocycles. The topological polar surface area (TPSA) is 15.6 Å². The van der Waals surface area contributed by atoms with Gasteiger partial charge in [0.2, 0.25) is 0 Å². The summed E-state index contributed by atoms with van der Waals surface area (Å²) >= 11 is 1.72. The molecule has 4 rings (SSSR count). The van der Waals surface area contributed by atoms with Gasteiger partial charge >= 0.3 is 0 Å². The van der Waals surface area contributed by atoms with Crippen molar-refractivity contribution in [3.05, 3.63) is 59.8 Å². The van der Waals surface area contributed by atoms with Gasteiger partial charge in [-0.15, -0.1) is 0 Å². The molecular formula is C19H22N2S. The monoisotopic (exact) mass is 310 g/mol. The predicted octanol–water partition coefficient (Wildman–Crippen LogP) is 4.78. The zero-order valence-electron chi connectivity index (χ0n) is 12.8. The van der Waals surface area contributed by atoms with E-state index in [9.17, 15) is 0 Å². The second-order valence-electron chi connectivity index (χ2n) is 6.36. The van der Waals surface area contributed by atoms with Gasteiger partial charge in [0.15, 0.2) is 0 Å². The number of fused-ring (bicyclic) bond motifs is 1. The van der Waals surface area contributed by atoms with E-state index in [4.69, 9.17) is 4.40 Å². The normalized spacial score (nSPS) is 27.9. The fourth-order valence-corrected chi connectivity index (χ4v) is 4.58. The Morgan fingerprint density at radius 1 is 1.00 bits per heavy atom. The minimum atomic E-state index is 0.685. The fraction of sp³-hybridized carbons (Fsp3) is 0.421. The number of allylic oxidation sites excluding steroid dienone is 2. The number of hydrogen-bond donors (Lipinski definition) is 0. The maximum Gasteiger partial charge on any atom is 0.144 e. The molecule has 0 bridgehead atoms. The van der Waals surface area contributed by atoms with Crippen molar-refractivity contribution in [3.63, 3.8) is 0 Å². The third kappa shape index (κ3) is 2.74. The number of amidine groups is 1. The summed E-state index contributed by atoms with van der Waals surface area (Å²) in [6, 6.07) is 11.0. The molecule has 114 valence electrons. The molecule has 1 fully saturated rings. The van der Waals surface area contributed by atoms with Gasteiger partial charge in [-0.3, -0.25) is 0 Å². The highest BCUT2D eigenvalue weighted by Gasteiger charge is 2.30. The molecule has 0 saturated heterocycles. The first-order valence-corrected chi connectivity index (χ1v) is 9.26. The van der Waals surface area contributed by atoms with Crippen molar-refractivity contribution < 1.29 is 0 Å². The Morgan fingerprint density at radius 2 is 1.77 bits per heavy atom. The Balaban J connectivity index is 1.46. The van der Waals surface area contributed by atoms with Gasteiger partial charge in [-0.1, -0.05) is 36.4 Å². The molecule has 2 nitrogen and oxygen atoms in total. The largest absolute Gasteiger partial charge is 0.331 e. The van der Waals surface area contributed by atoms with Gasteiger partial charge in [-0.25, -0.2) is 0 Å². The van der Waals surface area contributed by atoms with Crippen molar-refractivity contribution in [2.75, 3.05) is 12.3 Å². The van der Waals surface area contributed by atoms with Crippen LogP contribution in [0, 0.1) is 5.92 Å². The summed E-state index contributed by atoms with van der Waals surface area (Å²) in [7, 11) is 0. The summed E-state index contributed by atoms with van der Waals surface area (Å²) < 4.78 is 4.72. The molecule has 0 radical (unpaired) electrons. The minimum absolute atomic E-state index is 0.685. The van der Waals surface area contributed by atoms with Crippen molar-refractivity contribution in [2.45, 2.75) is 31.6 Å². The van der Waals surface area contributed by atoms with Crippen LogP contribution < -0.4 is 0 Å². The lowest BCUT2D eigenvalue weighted by Gasteiger charge is -2.35. The zero-order valence-corrected chi connectivity index (χ0v) is 13.6. The SMILES string of the molecule is C1=CN2CCSN=C2C(C2CCC(c3ccccc3)CC2)=C1. The van der Waals surface area contributed by atoms with Crippen molar-refractivity contribution in [3.8, 4) is 0 Å². The van der Waals surface area contributed by atoms with Crippen LogP contribution in [-0.4, -0.2) is 23.0 Å². The lowest BCUT2D eigenvalue weighted by molar-refractivity contribution is 0.365. The number of nitrogens with zero attached hydrogens (tertiary/aromatic N) is 2. The van der Waals surface area contributed by atoms with Gasteiger partial charge in [0, 0.05) is 18.5 Å². The molecule has 1 aromatic rings. The third-order valence-electron chi connectivity index (χ3n) is 5.08. The highest BCUT2D eigenvalue weighted by molar-refractivity contribution is 7.98. The first kappa shape index (κ1) is 14.1. The van der Waals surface area contributed by atoms with Gasteiger partial charge in [0.1, 0.15) is 5.84 Å². The van der Waals surface area contributed by atoms with E-state index in [-0.39, 0.29) is 0 Å². The van der Waals surface area contributed by atoms with Crippen LogP contribution in [-0.2, 0) is 0 Å². The van der Waals surface area contributed by atoms with E-state index in [0.717, 1.165) is 18.2 Å². The zero-order chi connectivity index (χ0) is 14.8. The van der Waals surface area contributed by atoms with Crippen LogP contribution >= 0.6 is 11.9 Å². The van der Waals surface area contributed by atoms with Gasteiger partial charge in [-0.05, 0) is 66.7 Å². The summed E-state index contributed by atoms with van der Waals surface area (Å²) in [5, 5.41) is 0. The van der Waals surface area contributed by atoms with Crippen molar-refractivity contribution in [1.82, 2.24) is 4.90 Å². The van der Waals surface area contributed by atoms with Gasteiger partial charge < -0.3 is 4.90 Å². The van der Waals surface area contributed by atoms with E-state index in [0.29, 0.717) is 5.92 Å². The van der Waals surface area contributed by atoms with Crippen LogP contribution in [0.15, 0.2) is 58.7 Å². The first-order valence-electron chi connectivity index (χ1n) is 8.32. The first-order chi connectivity index (χ1) is 10.9. The molecule has 0 spiro atoms. The molecule has 1 saturated carbocycles. The van der Waals surface area contributed by atoms with E-state index >= 15 is 0 Å². The molecule has 0 amide bonds. The summed E-state index contributed by atoms with van der Waals surface area (Å²) in [6.45, 7) is 1.09. The lowest BCUT2D eigenvalue weighted by atomic mass is 9.75. The summed E-state index contributed by atoms with van der Waals surface area (Å²) in [5.41, 5.74) is 2.99. The second-order valence-corrected chi connectivity index (χ2v) is 7.21. The second kappa shape index (κ2) is 6.33. The van der Waals surface area contributed by atoms with E-state index in [1.165, 1.54) is 42.7 Å². The maximum absolute atomic E-state index is 4.72. The summed E-state index contributed by atoms with van der Waals surface area (Å²) in [5.74, 6) is 3.75. The molecule has 3 heteroatoms. The average molecular weight is 310 g/mol. The Morgan fingerprint density at radius 3 is 2.59 bits per heavy atom. The molecule has 3 aliphatic rings. The fourth-order valence-electron chi connectivity index (χ4n) is 3.87. The molecule has 22 heavy (non-hydrogen) atoms. The molecule has 2 heterocycles. The predicted molar refractivity (Wildman–Crippen MR) is 95.0 cm³/mol. The standard InChI is InChI=1S/C19H22N2S/c1-2-5-15(6-3-1)16-8-10-17(11-9-16)18-7-4-12-21-13-14-22-20-19(18)21/h1-7,12,16-17H,8-11,13-14H2.